The minimum absolute atomic E-state index is 0.156. The van der Waals surface area contributed by atoms with E-state index in [4.69, 9.17) is 29.4 Å². The van der Waals surface area contributed by atoms with Crippen molar-refractivity contribution in [3.05, 3.63) is 29.3 Å². The maximum Gasteiger partial charge on any atom is 0.490 e. The van der Waals surface area contributed by atoms with Crippen LogP contribution in [0.15, 0.2) is 18.2 Å². The number of nitriles is 1. The molecule has 0 aliphatic carbocycles. The number of aliphatic hydroxyl groups excluding tert-OH is 2. The van der Waals surface area contributed by atoms with Gasteiger partial charge in [-0.1, -0.05) is 6.07 Å². The lowest BCUT2D eigenvalue weighted by Crippen LogP contribution is -2.33. The zero-order chi connectivity index (χ0) is 23.6. The highest BCUT2D eigenvalue weighted by Gasteiger charge is 2.46. The van der Waals surface area contributed by atoms with Gasteiger partial charge in [-0.05, 0) is 12.1 Å². The summed E-state index contributed by atoms with van der Waals surface area (Å²) in [7, 11) is -15.4. The second-order valence-electron chi connectivity index (χ2n) is 6.03. The van der Waals surface area contributed by atoms with Crippen molar-refractivity contribution in [3.63, 3.8) is 0 Å². The number of methoxy groups -OCH3 is 1. The first-order chi connectivity index (χ1) is 14.2. The summed E-state index contributed by atoms with van der Waals surface area (Å²) < 4.78 is 55.8. The van der Waals surface area contributed by atoms with E-state index < -0.39 is 54.5 Å². The van der Waals surface area contributed by atoms with Crippen LogP contribution in [0.5, 0.6) is 5.75 Å². The Hall–Kier alpha value is -1.20. The molecule has 15 nitrogen and oxygen atoms in total. The number of rotatable bonds is 9. The molecule has 31 heavy (non-hydrogen) atoms. The van der Waals surface area contributed by atoms with E-state index in [1.807, 2.05) is 6.07 Å². The molecule has 6 N–H and O–H groups in total. The van der Waals surface area contributed by atoms with Crippen LogP contribution in [0.1, 0.15) is 17.2 Å². The molecule has 2 rings (SSSR count). The van der Waals surface area contributed by atoms with Gasteiger partial charge in [-0.2, -0.15) is 13.9 Å². The Balaban J connectivity index is 2.09. The predicted molar refractivity (Wildman–Crippen MR) is 97.2 cm³/mol. The van der Waals surface area contributed by atoms with E-state index >= 15 is 0 Å². The first-order valence-corrected chi connectivity index (χ1v) is 12.6. The van der Waals surface area contributed by atoms with Gasteiger partial charge in [-0.3, -0.25) is 4.52 Å². The van der Waals surface area contributed by atoms with Crippen molar-refractivity contribution < 1.29 is 66.1 Å². The van der Waals surface area contributed by atoms with Crippen molar-refractivity contribution in [1.29, 1.82) is 5.26 Å². The van der Waals surface area contributed by atoms with Gasteiger partial charge in [0.05, 0.1) is 25.3 Å². The van der Waals surface area contributed by atoms with Crippen molar-refractivity contribution in [2.75, 3.05) is 13.7 Å². The van der Waals surface area contributed by atoms with E-state index in [1.165, 1.54) is 25.3 Å². The largest absolute Gasteiger partial charge is 0.496 e. The monoisotopic (exact) mass is 505 g/mol. The normalized spacial score (nSPS) is 27.8. The quantitative estimate of drug-likeness (QED) is 0.243. The lowest BCUT2D eigenvalue weighted by molar-refractivity contribution is -0.0228. The van der Waals surface area contributed by atoms with E-state index in [-0.39, 0.29) is 16.9 Å². The Labute approximate surface area is 174 Å². The molecule has 0 radical (unpaired) electrons. The maximum absolute atomic E-state index is 11.8. The Morgan fingerprint density at radius 1 is 1.06 bits per heavy atom. The maximum atomic E-state index is 11.8. The van der Waals surface area contributed by atoms with Crippen LogP contribution >= 0.6 is 23.5 Å². The molecule has 0 saturated carbocycles. The van der Waals surface area contributed by atoms with Crippen LogP contribution in [-0.4, -0.2) is 61.8 Å². The van der Waals surface area contributed by atoms with Crippen LogP contribution in [0.2, 0.25) is 0 Å². The Bertz CT molecular complexity index is 988. The number of benzene rings is 1. The van der Waals surface area contributed by atoms with Crippen LogP contribution in [0.3, 0.4) is 0 Å². The second kappa shape index (κ2) is 9.74. The molecule has 1 fully saturated rings. The topological polar surface area (TPSA) is 243 Å². The van der Waals surface area contributed by atoms with Crippen LogP contribution in [0.25, 0.3) is 0 Å². The number of hydrogen-bond donors (Lipinski definition) is 6. The molecule has 0 amide bonds. The van der Waals surface area contributed by atoms with Crippen molar-refractivity contribution in [2.24, 2.45) is 0 Å². The van der Waals surface area contributed by atoms with Gasteiger partial charge in [0.1, 0.15) is 30.2 Å². The molecule has 6 atom stereocenters. The summed E-state index contributed by atoms with van der Waals surface area (Å²) in [5.74, 6) is 0.156. The summed E-state index contributed by atoms with van der Waals surface area (Å²) in [6.07, 6.45) is -5.86. The first-order valence-electron chi connectivity index (χ1n) is 8.06. The van der Waals surface area contributed by atoms with Gasteiger partial charge < -0.3 is 39.3 Å². The van der Waals surface area contributed by atoms with Gasteiger partial charge in [0.2, 0.25) is 0 Å². The highest BCUT2D eigenvalue weighted by molar-refractivity contribution is 7.66. The summed E-state index contributed by atoms with van der Waals surface area (Å²) in [5.41, 5.74) is 0.492. The van der Waals surface area contributed by atoms with E-state index in [1.54, 1.807) is 0 Å². The van der Waals surface area contributed by atoms with E-state index in [0.29, 0.717) is 0 Å². The molecular weight excluding hydrogens is 487 g/mol. The highest BCUT2D eigenvalue weighted by atomic mass is 31.3. The molecule has 1 heterocycles. The summed E-state index contributed by atoms with van der Waals surface area (Å²) >= 11 is 0. The van der Waals surface area contributed by atoms with Gasteiger partial charge in [0, 0.05) is 5.56 Å². The lowest BCUT2D eigenvalue weighted by atomic mass is 9.99. The van der Waals surface area contributed by atoms with Gasteiger partial charge in [-0.25, -0.2) is 13.7 Å². The molecule has 1 aliphatic rings. The average molecular weight is 505 g/mol. The van der Waals surface area contributed by atoms with Crippen LogP contribution in [0, 0.1) is 11.3 Å². The third-order valence-electron chi connectivity index (χ3n) is 3.85. The summed E-state index contributed by atoms with van der Waals surface area (Å²) in [6, 6.07) is 6.06. The summed E-state index contributed by atoms with van der Waals surface area (Å²) in [6.45, 7) is -0.947. The number of nitrogens with zero attached hydrogens (tertiary/aromatic N) is 1. The molecule has 1 aliphatic heterocycles. The molecule has 6 unspecified atom stereocenters. The number of hydrogen-bond acceptors (Lipinski definition) is 11. The van der Waals surface area contributed by atoms with E-state index in [2.05, 4.69) is 13.1 Å². The number of phosphoric ester groups is 1. The van der Waals surface area contributed by atoms with Gasteiger partial charge in [-0.15, -0.1) is 0 Å². The van der Waals surface area contributed by atoms with Gasteiger partial charge in [0.25, 0.3) is 0 Å². The van der Waals surface area contributed by atoms with Crippen molar-refractivity contribution >= 4 is 23.5 Å². The van der Waals surface area contributed by atoms with Crippen molar-refractivity contribution in [2.45, 2.75) is 24.4 Å². The van der Waals surface area contributed by atoms with Crippen LogP contribution in [0.4, 0.5) is 0 Å². The predicted octanol–water partition coefficient (Wildman–Crippen LogP) is 0.0719. The fraction of sp³-hybridized carbons (Fsp3) is 0.462. The van der Waals surface area contributed by atoms with E-state index in [0.717, 1.165) is 0 Å². The smallest absolute Gasteiger partial charge is 0.490 e. The molecule has 1 saturated heterocycles. The third-order valence-corrected chi connectivity index (χ3v) is 7.65. The number of aliphatic hydroxyl groups is 2. The average Bonchev–Trinajstić information content (AvgIpc) is 2.91. The van der Waals surface area contributed by atoms with Crippen LogP contribution < -0.4 is 4.74 Å². The zero-order valence-corrected chi connectivity index (χ0v) is 18.2. The molecular formula is C13H18NO14P3. The Morgan fingerprint density at radius 2 is 1.71 bits per heavy atom. The van der Waals surface area contributed by atoms with Crippen LogP contribution in [-0.2, 0) is 31.6 Å². The fourth-order valence-corrected chi connectivity index (χ4v) is 5.66. The van der Waals surface area contributed by atoms with E-state index in [9.17, 15) is 28.8 Å². The SMILES string of the molecule is COc1cc(C#N)ccc1C1OC(COP(=O)(O)OP(=O)(O)OP(=O)(O)O)C(O)C1O. The molecule has 18 heteroatoms. The Morgan fingerprint density at radius 3 is 2.26 bits per heavy atom. The molecule has 1 aromatic rings. The molecule has 174 valence electrons. The summed E-state index contributed by atoms with van der Waals surface area (Å²) in [4.78, 5) is 35.6. The third kappa shape index (κ3) is 7.15. The Kier molecular flexibility index (Phi) is 8.19. The van der Waals surface area contributed by atoms with Crippen molar-refractivity contribution in [3.8, 4) is 11.8 Å². The zero-order valence-electron chi connectivity index (χ0n) is 15.5. The van der Waals surface area contributed by atoms with Gasteiger partial charge >= 0.3 is 23.5 Å². The standard InChI is InChI=1S/C13H18NO14P3/c1-24-9-4-7(5-14)2-3-8(9)13-12(16)11(15)10(26-13)6-25-30(20,21)28-31(22,23)27-29(17,18)19/h2-4,10-13,15-16H,6H2,1H3,(H,20,21)(H,22,23)(H2,17,18,19). The minimum atomic E-state index is -5.70. The van der Waals surface area contributed by atoms with Gasteiger partial charge in [0.15, 0.2) is 0 Å². The molecule has 1 aromatic carbocycles. The second-order valence-corrected chi connectivity index (χ2v) is 10.5. The first kappa shape index (κ1) is 26.1. The minimum Gasteiger partial charge on any atom is -0.496 e. The fourth-order valence-electron chi connectivity index (χ4n) is 2.63. The van der Waals surface area contributed by atoms with Crippen molar-refractivity contribution in [1.82, 2.24) is 0 Å². The summed E-state index contributed by atoms with van der Waals surface area (Å²) in [5, 5.41) is 29.4. The molecule has 0 aromatic heterocycles. The molecule has 0 bridgehead atoms. The lowest BCUT2D eigenvalue weighted by Gasteiger charge is -2.19. The highest BCUT2D eigenvalue weighted by Crippen LogP contribution is 2.66. The number of ether oxygens (including phenoxy) is 2. The number of phosphoric acid groups is 3. The molecule has 0 spiro atoms.